The van der Waals surface area contributed by atoms with Crippen molar-refractivity contribution in [3.05, 3.63) is 89.8 Å². The summed E-state index contributed by atoms with van der Waals surface area (Å²) in [5.74, 6) is -0.251. The van der Waals surface area contributed by atoms with Gasteiger partial charge < -0.3 is 15.4 Å². The Morgan fingerprint density at radius 1 is 0.792 bits per heavy atom. The van der Waals surface area contributed by atoms with Crippen molar-refractivity contribution in [2.45, 2.75) is 64.0 Å². The van der Waals surface area contributed by atoms with Crippen LogP contribution in [0.2, 0.25) is 0 Å². The average Bonchev–Trinajstić information content (AvgIpc) is 3.91. The molecule has 0 radical (unpaired) electrons. The van der Waals surface area contributed by atoms with Gasteiger partial charge in [0.05, 0.1) is 10.8 Å². The molecule has 1 fully saturated rings. The van der Waals surface area contributed by atoms with Gasteiger partial charge in [-0.1, -0.05) is 24.3 Å². The van der Waals surface area contributed by atoms with Gasteiger partial charge in [-0.3, -0.25) is 5.10 Å². The normalized spacial score (nSPS) is 16.9. The summed E-state index contributed by atoms with van der Waals surface area (Å²) < 4.78 is 38.3. The lowest BCUT2D eigenvalue weighted by Crippen LogP contribution is -2.19. The van der Waals surface area contributed by atoms with Crippen LogP contribution in [0.1, 0.15) is 60.6 Å². The number of aromatic amines is 1. The van der Waals surface area contributed by atoms with Crippen molar-refractivity contribution in [2.75, 3.05) is 17.2 Å². The lowest BCUT2D eigenvalue weighted by molar-refractivity contribution is -0.0372. The second kappa shape index (κ2) is 13.5. The number of pyridine rings is 2. The molecule has 3 N–H and O–H groups in total. The summed E-state index contributed by atoms with van der Waals surface area (Å²) in [6.07, 6.45) is 9.48. The molecule has 246 valence electrons. The minimum atomic E-state index is -0.364. The maximum atomic E-state index is 14.8. The Hall–Kier alpha value is -3.44. The molecule has 5 heterocycles. The molecule has 9 rings (SSSR count). The largest absolute Gasteiger partial charge is 0.356 e. The Labute approximate surface area is 302 Å². The first-order valence-electron chi connectivity index (χ1n) is 16.2. The van der Waals surface area contributed by atoms with Gasteiger partial charge in [0.2, 0.25) is 0 Å². The molecule has 0 bridgehead atoms. The summed E-state index contributed by atoms with van der Waals surface area (Å²) in [5, 5.41) is 19.3. The first-order chi connectivity index (χ1) is 23.4. The number of aryl methyl sites for hydroxylation is 2. The van der Waals surface area contributed by atoms with Gasteiger partial charge in [-0.15, -0.1) is 0 Å². The average molecular weight is 872 g/mol. The Balaban J connectivity index is 0.000000145. The molecule has 0 spiro atoms. The molecular formula is C35H32F2I2N8O. The topological polar surface area (TPSA) is 106 Å². The summed E-state index contributed by atoms with van der Waals surface area (Å²) in [4.78, 5) is 8.90. The lowest BCUT2D eigenvalue weighted by atomic mass is 10.1. The van der Waals surface area contributed by atoms with E-state index < -0.39 is 0 Å². The number of benzene rings is 2. The molecule has 1 saturated heterocycles. The van der Waals surface area contributed by atoms with E-state index >= 15 is 0 Å². The van der Waals surface area contributed by atoms with Crippen LogP contribution in [0.4, 0.5) is 31.8 Å². The van der Waals surface area contributed by atoms with Crippen LogP contribution in [-0.4, -0.2) is 36.6 Å². The van der Waals surface area contributed by atoms with E-state index in [0.717, 1.165) is 88.6 Å². The third-order valence-electron chi connectivity index (χ3n) is 9.27. The lowest BCUT2D eigenvalue weighted by Gasteiger charge is -2.23. The number of rotatable bonds is 5. The van der Waals surface area contributed by atoms with Crippen LogP contribution in [0.5, 0.6) is 0 Å². The molecule has 2 aromatic carbocycles. The zero-order chi connectivity index (χ0) is 32.8. The molecule has 1 aliphatic heterocycles. The van der Waals surface area contributed by atoms with Crippen LogP contribution in [0.15, 0.2) is 48.5 Å². The van der Waals surface area contributed by atoms with Gasteiger partial charge in [0.1, 0.15) is 7.40 Å². The van der Waals surface area contributed by atoms with Gasteiger partial charge >= 0.3 is 0 Å². The number of aromatic nitrogens is 6. The predicted molar refractivity (Wildman–Crippen MR) is 199 cm³/mol. The Morgan fingerprint density at radius 3 is 2.08 bits per heavy atom. The van der Waals surface area contributed by atoms with Crippen molar-refractivity contribution in [1.82, 2.24) is 29.9 Å². The Morgan fingerprint density at radius 2 is 1.44 bits per heavy atom. The van der Waals surface area contributed by atoms with Gasteiger partial charge in [0.25, 0.3) is 0 Å². The fraction of sp³-hybridized carbons (Fsp3) is 0.314. The smallest absolute Gasteiger partial charge is 0.184 e. The van der Waals surface area contributed by atoms with E-state index in [-0.39, 0.29) is 29.5 Å². The molecule has 1 atom stereocenters. The third-order valence-corrected chi connectivity index (χ3v) is 10.9. The first kappa shape index (κ1) is 31.8. The second-order valence-corrected chi connectivity index (χ2v) is 14.4. The fourth-order valence-corrected chi connectivity index (χ4v) is 8.06. The van der Waals surface area contributed by atoms with E-state index in [4.69, 9.17) is 4.74 Å². The highest BCUT2D eigenvalue weighted by atomic mass is 127. The number of H-pyrrole nitrogens is 1. The molecule has 0 amide bonds. The summed E-state index contributed by atoms with van der Waals surface area (Å²) in [7, 11) is 0. The van der Waals surface area contributed by atoms with Crippen LogP contribution < -0.4 is 10.6 Å². The molecule has 0 saturated carbocycles. The number of ether oxygens (including phenoxy) is 1. The van der Waals surface area contributed by atoms with Crippen molar-refractivity contribution < 1.29 is 13.5 Å². The van der Waals surface area contributed by atoms with E-state index in [2.05, 4.69) is 93.2 Å². The molecule has 3 aliphatic rings. The van der Waals surface area contributed by atoms with Gasteiger partial charge in [-0.2, -0.15) is 10.2 Å². The maximum absolute atomic E-state index is 14.8. The standard InChI is InChI=1S/C20H20FIN4O.C15H12FIN4/c21-15-11-14-18(22)25-26(17-9-1-2-10-27-17)20(14)24-19(15)23-16-8-4-6-12-5-3-7-13(12)16;16-11-7-10-13(17)20-21-14(10)19-15(11)18-12-6-2-4-8-3-1-5-9(8)12/h4,6,8,11,17H,1-3,5,7,9-10H2,(H,23,24);2,4,6-7H,1,3,5H2,(H2,18,19,20,21). The highest BCUT2D eigenvalue weighted by Gasteiger charge is 2.24. The molecule has 6 aromatic rings. The second-order valence-electron chi connectivity index (χ2n) is 12.3. The number of nitrogens with one attached hydrogen (secondary N) is 3. The SMILES string of the molecule is Fc1cc2c(I)[nH]nc2nc1Nc1cccc2c1CCC2.Fc1cc2c(I)nn(C3CCCCO3)c2nc1Nc1cccc2c1CCC2. The van der Waals surface area contributed by atoms with Crippen LogP contribution in [0, 0.1) is 19.0 Å². The van der Waals surface area contributed by atoms with Crippen molar-refractivity contribution >= 4 is 90.3 Å². The zero-order valence-electron chi connectivity index (χ0n) is 25.9. The van der Waals surface area contributed by atoms with E-state index in [1.54, 1.807) is 0 Å². The minimum absolute atomic E-state index is 0.128. The van der Waals surface area contributed by atoms with E-state index in [1.807, 2.05) is 28.9 Å². The van der Waals surface area contributed by atoms with Crippen molar-refractivity contribution in [1.29, 1.82) is 0 Å². The molecule has 2 aliphatic carbocycles. The van der Waals surface area contributed by atoms with Crippen molar-refractivity contribution in [2.24, 2.45) is 0 Å². The van der Waals surface area contributed by atoms with Crippen LogP contribution in [0.3, 0.4) is 0 Å². The first-order valence-corrected chi connectivity index (χ1v) is 18.4. The van der Waals surface area contributed by atoms with Gasteiger partial charge in [0, 0.05) is 18.0 Å². The van der Waals surface area contributed by atoms with Gasteiger partial charge in [0.15, 0.2) is 40.8 Å². The number of halogens is 4. The molecular weight excluding hydrogens is 840 g/mol. The summed E-state index contributed by atoms with van der Waals surface area (Å²) in [6, 6.07) is 15.3. The molecule has 9 nitrogen and oxygen atoms in total. The number of nitrogens with zero attached hydrogens (tertiary/aromatic N) is 5. The quantitative estimate of drug-likeness (QED) is 0.149. The van der Waals surface area contributed by atoms with Crippen molar-refractivity contribution in [3.8, 4) is 0 Å². The Bertz CT molecular complexity index is 2160. The fourth-order valence-electron chi connectivity index (χ4n) is 6.91. The molecule has 1 unspecified atom stereocenters. The molecule has 48 heavy (non-hydrogen) atoms. The van der Waals surface area contributed by atoms with Crippen LogP contribution >= 0.6 is 45.2 Å². The number of hydrogen-bond acceptors (Lipinski definition) is 7. The minimum Gasteiger partial charge on any atom is -0.356 e. The van der Waals surface area contributed by atoms with Gasteiger partial charge in [-0.05, 0) is 149 Å². The predicted octanol–water partition coefficient (Wildman–Crippen LogP) is 9.04. The molecule has 13 heteroatoms. The van der Waals surface area contributed by atoms with Crippen LogP contribution in [0.25, 0.3) is 22.1 Å². The zero-order valence-corrected chi connectivity index (χ0v) is 30.2. The summed E-state index contributed by atoms with van der Waals surface area (Å²) >= 11 is 4.22. The summed E-state index contributed by atoms with van der Waals surface area (Å²) in [5.41, 5.74) is 8.32. The number of anilines is 4. The van der Waals surface area contributed by atoms with E-state index in [9.17, 15) is 8.78 Å². The van der Waals surface area contributed by atoms with E-state index in [1.165, 1.54) is 34.4 Å². The highest BCUT2D eigenvalue weighted by Crippen LogP contribution is 2.35. The summed E-state index contributed by atoms with van der Waals surface area (Å²) in [6.45, 7) is 0.727. The highest BCUT2D eigenvalue weighted by molar-refractivity contribution is 14.1. The van der Waals surface area contributed by atoms with Crippen LogP contribution in [-0.2, 0) is 30.4 Å². The number of fused-ring (bicyclic) bond motifs is 4. The monoisotopic (exact) mass is 872 g/mol. The molecule has 4 aromatic heterocycles. The Kier molecular flexibility index (Phi) is 8.92. The third kappa shape index (κ3) is 6.12. The van der Waals surface area contributed by atoms with Gasteiger partial charge in [-0.25, -0.2) is 23.4 Å². The van der Waals surface area contributed by atoms with E-state index in [0.29, 0.717) is 16.7 Å². The van der Waals surface area contributed by atoms with Crippen molar-refractivity contribution in [3.63, 3.8) is 0 Å². The maximum Gasteiger partial charge on any atom is 0.184 e. The number of hydrogen-bond donors (Lipinski definition) is 3.